The molecule has 1 aromatic heterocycles. The zero-order valence-corrected chi connectivity index (χ0v) is 10.8. The first-order valence-corrected chi connectivity index (χ1v) is 6.35. The third kappa shape index (κ3) is 4.33. The first kappa shape index (κ1) is 13.2. The highest BCUT2D eigenvalue weighted by molar-refractivity contribution is 7.09. The molecule has 0 bridgehead atoms. The Kier molecular flexibility index (Phi) is 5.49. The van der Waals surface area contributed by atoms with Crippen LogP contribution in [0.1, 0.15) is 25.1 Å². The van der Waals surface area contributed by atoms with Gasteiger partial charge >= 0.3 is 5.97 Å². The summed E-state index contributed by atoms with van der Waals surface area (Å²) in [7, 11) is 1.43. The van der Waals surface area contributed by atoms with E-state index in [1.54, 1.807) is 11.3 Å². The van der Waals surface area contributed by atoms with Crippen LogP contribution in [0.25, 0.3) is 0 Å². The molecule has 4 heteroatoms. The third-order valence-corrected chi connectivity index (χ3v) is 3.17. The number of carbonyl (C=O) groups excluding carboxylic acids is 1. The normalized spacial score (nSPS) is 12.8. The van der Waals surface area contributed by atoms with Crippen molar-refractivity contribution >= 4 is 17.3 Å². The van der Waals surface area contributed by atoms with Crippen molar-refractivity contribution in [1.29, 1.82) is 0 Å². The first-order chi connectivity index (χ1) is 7.63. The summed E-state index contributed by atoms with van der Waals surface area (Å²) in [5.74, 6) is 0.296. The molecule has 0 saturated carbocycles. The average Bonchev–Trinajstić information content (AvgIpc) is 2.75. The fourth-order valence-electron chi connectivity index (χ4n) is 1.51. The molecule has 0 aliphatic carbocycles. The Morgan fingerprint density at radius 2 is 2.31 bits per heavy atom. The summed E-state index contributed by atoms with van der Waals surface area (Å²) in [5, 5.41) is 5.27. The van der Waals surface area contributed by atoms with E-state index >= 15 is 0 Å². The van der Waals surface area contributed by atoms with Gasteiger partial charge in [-0.1, -0.05) is 19.9 Å². The van der Waals surface area contributed by atoms with Gasteiger partial charge in [0.15, 0.2) is 0 Å². The minimum atomic E-state index is -0.202. The van der Waals surface area contributed by atoms with Crippen LogP contribution in [0.5, 0.6) is 0 Å². The molecule has 0 amide bonds. The van der Waals surface area contributed by atoms with Gasteiger partial charge in [0.25, 0.3) is 0 Å². The Bertz CT molecular complexity index is 309. The van der Waals surface area contributed by atoms with E-state index in [0.717, 1.165) is 13.0 Å². The number of nitrogens with one attached hydrogen (secondary N) is 1. The molecule has 0 spiro atoms. The van der Waals surface area contributed by atoms with Crippen molar-refractivity contribution in [2.75, 3.05) is 7.11 Å². The predicted octanol–water partition coefficient (Wildman–Crippen LogP) is 2.43. The molecule has 1 aromatic rings. The SMILES string of the molecule is COC(=O)C(CC(C)C)NCc1cccs1. The molecule has 0 radical (unpaired) electrons. The third-order valence-electron chi connectivity index (χ3n) is 2.30. The van der Waals surface area contributed by atoms with Gasteiger partial charge in [0.1, 0.15) is 6.04 Å². The number of hydrogen-bond acceptors (Lipinski definition) is 4. The maximum Gasteiger partial charge on any atom is 0.322 e. The van der Waals surface area contributed by atoms with Gasteiger partial charge in [0, 0.05) is 11.4 Å². The maximum absolute atomic E-state index is 11.5. The van der Waals surface area contributed by atoms with Gasteiger partial charge in [-0.3, -0.25) is 10.1 Å². The Hall–Kier alpha value is -0.870. The van der Waals surface area contributed by atoms with Crippen molar-refractivity contribution in [3.63, 3.8) is 0 Å². The monoisotopic (exact) mass is 241 g/mol. The fraction of sp³-hybridized carbons (Fsp3) is 0.583. The van der Waals surface area contributed by atoms with Gasteiger partial charge < -0.3 is 4.74 Å². The second-order valence-corrected chi connectivity index (χ2v) is 5.20. The van der Waals surface area contributed by atoms with Crippen molar-refractivity contribution in [2.45, 2.75) is 32.9 Å². The lowest BCUT2D eigenvalue weighted by molar-refractivity contribution is -0.143. The number of carbonyl (C=O) groups is 1. The summed E-state index contributed by atoms with van der Waals surface area (Å²) >= 11 is 1.69. The fourth-order valence-corrected chi connectivity index (χ4v) is 2.17. The number of thiophene rings is 1. The van der Waals surface area contributed by atoms with E-state index in [1.165, 1.54) is 12.0 Å². The van der Waals surface area contributed by atoms with Crippen molar-refractivity contribution in [1.82, 2.24) is 5.32 Å². The summed E-state index contributed by atoms with van der Waals surface area (Å²) in [6.07, 6.45) is 0.804. The van der Waals surface area contributed by atoms with E-state index in [9.17, 15) is 4.79 Å². The summed E-state index contributed by atoms with van der Waals surface area (Å²) in [6.45, 7) is 4.93. The molecular weight excluding hydrogens is 222 g/mol. The van der Waals surface area contributed by atoms with Crippen molar-refractivity contribution in [2.24, 2.45) is 5.92 Å². The van der Waals surface area contributed by atoms with Crippen LogP contribution in [-0.4, -0.2) is 19.1 Å². The average molecular weight is 241 g/mol. The van der Waals surface area contributed by atoms with Crippen molar-refractivity contribution in [3.8, 4) is 0 Å². The highest BCUT2D eigenvalue weighted by Gasteiger charge is 2.19. The second kappa shape index (κ2) is 6.66. The van der Waals surface area contributed by atoms with Gasteiger partial charge in [-0.05, 0) is 23.8 Å². The van der Waals surface area contributed by atoms with Crippen LogP contribution in [0.3, 0.4) is 0 Å². The smallest absolute Gasteiger partial charge is 0.322 e. The molecule has 0 aliphatic rings. The van der Waals surface area contributed by atoms with E-state index in [0.29, 0.717) is 5.92 Å². The quantitative estimate of drug-likeness (QED) is 0.777. The minimum absolute atomic E-state index is 0.176. The zero-order chi connectivity index (χ0) is 12.0. The second-order valence-electron chi connectivity index (χ2n) is 4.17. The Morgan fingerprint density at radius 3 is 2.81 bits per heavy atom. The lowest BCUT2D eigenvalue weighted by Gasteiger charge is -2.17. The molecule has 0 fully saturated rings. The molecule has 1 heterocycles. The minimum Gasteiger partial charge on any atom is -0.468 e. The molecular formula is C12H19NO2S. The molecule has 0 aromatic carbocycles. The van der Waals surface area contributed by atoms with E-state index < -0.39 is 0 Å². The van der Waals surface area contributed by atoms with Crippen LogP contribution < -0.4 is 5.32 Å². The number of rotatable bonds is 6. The highest BCUT2D eigenvalue weighted by Crippen LogP contribution is 2.11. The van der Waals surface area contributed by atoms with Crippen LogP contribution in [0, 0.1) is 5.92 Å². The maximum atomic E-state index is 11.5. The molecule has 1 N–H and O–H groups in total. The van der Waals surface area contributed by atoms with Gasteiger partial charge in [-0.25, -0.2) is 0 Å². The van der Waals surface area contributed by atoms with Crippen LogP contribution >= 0.6 is 11.3 Å². The Morgan fingerprint density at radius 1 is 1.56 bits per heavy atom. The van der Waals surface area contributed by atoms with E-state index in [4.69, 9.17) is 4.74 Å². The topological polar surface area (TPSA) is 38.3 Å². The van der Waals surface area contributed by atoms with E-state index in [1.807, 2.05) is 11.4 Å². The standard InChI is InChI=1S/C12H19NO2S/c1-9(2)7-11(12(14)15-3)13-8-10-5-4-6-16-10/h4-6,9,11,13H,7-8H2,1-3H3. The molecule has 3 nitrogen and oxygen atoms in total. The molecule has 0 aliphatic heterocycles. The van der Waals surface area contributed by atoms with Crippen LogP contribution in [0.4, 0.5) is 0 Å². The summed E-state index contributed by atoms with van der Waals surface area (Å²) in [4.78, 5) is 12.8. The molecule has 1 atom stereocenters. The summed E-state index contributed by atoms with van der Waals surface area (Å²) in [6, 6.07) is 3.87. The number of hydrogen-bond donors (Lipinski definition) is 1. The number of esters is 1. The number of ether oxygens (including phenoxy) is 1. The van der Waals surface area contributed by atoms with Crippen LogP contribution in [0.15, 0.2) is 17.5 Å². The molecule has 0 saturated heterocycles. The van der Waals surface area contributed by atoms with E-state index in [2.05, 4.69) is 25.2 Å². The molecule has 1 unspecified atom stereocenters. The van der Waals surface area contributed by atoms with E-state index in [-0.39, 0.29) is 12.0 Å². The number of methoxy groups -OCH3 is 1. The Balaban J connectivity index is 2.46. The predicted molar refractivity (Wildman–Crippen MR) is 66.4 cm³/mol. The molecule has 90 valence electrons. The van der Waals surface area contributed by atoms with Gasteiger partial charge in [-0.15, -0.1) is 11.3 Å². The van der Waals surface area contributed by atoms with Gasteiger partial charge in [0.05, 0.1) is 7.11 Å². The first-order valence-electron chi connectivity index (χ1n) is 5.47. The Labute approximate surface area is 101 Å². The molecule has 16 heavy (non-hydrogen) atoms. The summed E-state index contributed by atoms with van der Waals surface area (Å²) in [5.41, 5.74) is 0. The van der Waals surface area contributed by atoms with Crippen molar-refractivity contribution < 1.29 is 9.53 Å². The molecule has 1 rings (SSSR count). The van der Waals surface area contributed by atoms with Crippen molar-refractivity contribution in [3.05, 3.63) is 22.4 Å². The lowest BCUT2D eigenvalue weighted by Crippen LogP contribution is -2.38. The zero-order valence-electron chi connectivity index (χ0n) is 10.0. The largest absolute Gasteiger partial charge is 0.468 e. The lowest BCUT2D eigenvalue weighted by atomic mass is 10.0. The summed E-state index contributed by atoms with van der Waals surface area (Å²) < 4.78 is 4.79. The highest BCUT2D eigenvalue weighted by atomic mass is 32.1. The van der Waals surface area contributed by atoms with Gasteiger partial charge in [0.2, 0.25) is 0 Å². The van der Waals surface area contributed by atoms with Crippen LogP contribution in [0.2, 0.25) is 0 Å². The van der Waals surface area contributed by atoms with Gasteiger partial charge in [-0.2, -0.15) is 0 Å². The van der Waals surface area contributed by atoms with Crippen LogP contribution in [-0.2, 0) is 16.1 Å².